The molecule has 0 aromatic heterocycles. The average Bonchev–Trinajstić information content (AvgIpc) is 3.29. The number of fused-ring (bicyclic) bond motifs is 2. The Balaban J connectivity index is 1.33. The molecule has 0 spiro atoms. The molecule has 1 aliphatic heterocycles. The van der Waals surface area contributed by atoms with Gasteiger partial charge >= 0.3 is 16.2 Å². The molecule has 4 aliphatic rings. The van der Waals surface area contributed by atoms with Crippen molar-refractivity contribution in [2.75, 3.05) is 13.1 Å². The van der Waals surface area contributed by atoms with Crippen molar-refractivity contribution in [1.82, 2.24) is 20.1 Å². The molecule has 2 amide bonds. The Morgan fingerprint density at radius 1 is 1.04 bits per heavy atom. The van der Waals surface area contributed by atoms with Crippen LogP contribution in [-0.2, 0) is 10.2 Å². The summed E-state index contributed by atoms with van der Waals surface area (Å²) >= 11 is 0. The molecule has 0 aromatic carbocycles. The molecule has 3 saturated carbocycles. The van der Waals surface area contributed by atoms with Crippen molar-refractivity contribution in [2.24, 2.45) is 29.6 Å². The lowest BCUT2D eigenvalue weighted by Gasteiger charge is -2.42. The summed E-state index contributed by atoms with van der Waals surface area (Å²) in [5.74, 6) is 2.60. The molecule has 0 radical (unpaired) electrons. The fraction of sp³-hybridized carbons (Fsp3) is 0.842. The highest BCUT2D eigenvalue weighted by molar-refractivity contribution is 7.88. The summed E-state index contributed by atoms with van der Waals surface area (Å²) in [6.07, 6.45) is 13.3. The molecule has 27 heavy (non-hydrogen) atoms. The first-order chi connectivity index (χ1) is 13.0. The lowest BCUT2D eigenvalue weighted by atomic mass is 9.67. The number of nitrogens with one attached hydrogen (secondary N) is 4. The number of urea groups is 1. The van der Waals surface area contributed by atoms with Gasteiger partial charge in [-0.25, -0.2) is 9.52 Å². The number of rotatable bonds is 5. The van der Waals surface area contributed by atoms with Gasteiger partial charge in [-0.15, -0.1) is 0 Å². The first-order valence-corrected chi connectivity index (χ1v) is 12.0. The summed E-state index contributed by atoms with van der Waals surface area (Å²) in [6, 6.07) is -0.451. The van der Waals surface area contributed by atoms with E-state index in [1.165, 1.54) is 32.1 Å². The zero-order valence-corrected chi connectivity index (χ0v) is 16.6. The minimum absolute atomic E-state index is 0.126. The molecule has 7 nitrogen and oxygen atoms in total. The number of carbonyl (C=O) groups excluding carboxylic acids is 1. The fourth-order valence-corrected chi connectivity index (χ4v) is 6.77. The molecule has 0 bridgehead atoms. The SMILES string of the molecule is O=C(NC1C2CCCC2CC2CCCC21)NS(=O)(=O)NCC1C=CNCC1. The van der Waals surface area contributed by atoms with Crippen molar-refractivity contribution in [3.8, 4) is 0 Å². The van der Waals surface area contributed by atoms with Crippen LogP contribution in [0.2, 0.25) is 0 Å². The van der Waals surface area contributed by atoms with Gasteiger partial charge in [-0.1, -0.05) is 31.8 Å². The lowest BCUT2D eigenvalue weighted by molar-refractivity contribution is 0.106. The van der Waals surface area contributed by atoms with Gasteiger partial charge in [0.2, 0.25) is 0 Å². The fourth-order valence-electron chi connectivity index (χ4n) is 5.96. The summed E-state index contributed by atoms with van der Waals surface area (Å²) in [5.41, 5.74) is 0. The van der Waals surface area contributed by atoms with Crippen LogP contribution in [-0.4, -0.2) is 33.6 Å². The summed E-state index contributed by atoms with van der Waals surface area (Å²) in [6.45, 7) is 1.14. The van der Waals surface area contributed by atoms with Crippen LogP contribution >= 0.6 is 0 Å². The van der Waals surface area contributed by atoms with Gasteiger partial charge in [0.05, 0.1) is 0 Å². The largest absolute Gasteiger partial charge is 0.391 e. The van der Waals surface area contributed by atoms with Crippen molar-refractivity contribution in [1.29, 1.82) is 0 Å². The highest BCUT2D eigenvalue weighted by atomic mass is 32.2. The van der Waals surface area contributed by atoms with Crippen molar-refractivity contribution in [2.45, 2.75) is 57.4 Å². The van der Waals surface area contributed by atoms with E-state index in [1.54, 1.807) is 0 Å². The molecular weight excluding hydrogens is 364 g/mol. The van der Waals surface area contributed by atoms with Crippen LogP contribution in [0.25, 0.3) is 0 Å². The van der Waals surface area contributed by atoms with E-state index in [9.17, 15) is 13.2 Å². The average molecular weight is 397 g/mol. The van der Waals surface area contributed by atoms with Crippen molar-refractivity contribution < 1.29 is 13.2 Å². The Kier molecular flexibility index (Phi) is 5.64. The molecule has 0 aromatic rings. The highest BCUT2D eigenvalue weighted by Gasteiger charge is 2.48. The van der Waals surface area contributed by atoms with Gasteiger partial charge in [-0.05, 0) is 61.5 Å². The van der Waals surface area contributed by atoms with Crippen LogP contribution in [0.5, 0.6) is 0 Å². The monoisotopic (exact) mass is 396 g/mol. The first-order valence-electron chi connectivity index (χ1n) is 10.5. The predicted molar refractivity (Wildman–Crippen MR) is 104 cm³/mol. The number of hydrogen-bond acceptors (Lipinski definition) is 4. The summed E-state index contributed by atoms with van der Waals surface area (Å²) in [7, 11) is -3.84. The van der Waals surface area contributed by atoms with Crippen molar-refractivity contribution >= 4 is 16.2 Å². The molecule has 4 N–H and O–H groups in total. The van der Waals surface area contributed by atoms with E-state index in [1.807, 2.05) is 12.3 Å². The zero-order chi connectivity index (χ0) is 18.9. The topological polar surface area (TPSA) is 99.3 Å². The number of carbonyl (C=O) groups is 1. The van der Waals surface area contributed by atoms with Crippen molar-refractivity contribution in [3.05, 3.63) is 12.3 Å². The Hall–Kier alpha value is -1.28. The maximum absolute atomic E-state index is 12.5. The normalized spacial score (nSPS) is 37.9. The molecule has 3 aliphatic carbocycles. The summed E-state index contributed by atoms with van der Waals surface area (Å²) in [5, 5.41) is 6.15. The van der Waals surface area contributed by atoms with E-state index in [0.29, 0.717) is 30.2 Å². The minimum Gasteiger partial charge on any atom is -0.391 e. The van der Waals surface area contributed by atoms with Crippen molar-refractivity contribution in [3.63, 3.8) is 0 Å². The van der Waals surface area contributed by atoms with Crippen LogP contribution < -0.4 is 20.1 Å². The second kappa shape index (κ2) is 7.99. The second-order valence-electron chi connectivity index (χ2n) is 8.76. The maximum atomic E-state index is 12.5. The van der Waals surface area contributed by atoms with Gasteiger partial charge in [0.25, 0.3) is 0 Å². The van der Waals surface area contributed by atoms with E-state index in [2.05, 4.69) is 20.1 Å². The summed E-state index contributed by atoms with van der Waals surface area (Å²) < 4.78 is 29.2. The number of hydrogen-bond donors (Lipinski definition) is 4. The third kappa shape index (κ3) is 4.42. The third-order valence-corrected chi connectivity index (χ3v) is 8.17. The maximum Gasteiger partial charge on any atom is 0.329 e. The van der Waals surface area contributed by atoms with E-state index >= 15 is 0 Å². The summed E-state index contributed by atoms with van der Waals surface area (Å²) in [4.78, 5) is 12.5. The Labute approximate surface area is 162 Å². The van der Waals surface area contributed by atoms with E-state index in [-0.39, 0.29) is 12.0 Å². The Bertz CT molecular complexity index is 660. The molecule has 5 unspecified atom stereocenters. The van der Waals surface area contributed by atoms with Crippen LogP contribution in [0.1, 0.15) is 51.4 Å². The molecule has 152 valence electrons. The van der Waals surface area contributed by atoms with E-state index < -0.39 is 16.2 Å². The number of amides is 2. The van der Waals surface area contributed by atoms with Crippen LogP contribution in [0.3, 0.4) is 0 Å². The molecule has 5 atom stereocenters. The molecule has 1 heterocycles. The van der Waals surface area contributed by atoms with Gasteiger partial charge < -0.3 is 10.6 Å². The van der Waals surface area contributed by atoms with Crippen LogP contribution in [0.4, 0.5) is 4.79 Å². The zero-order valence-electron chi connectivity index (χ0n) is 15.8. The Morgan fingerprint density at radius 2 is 1.74 bits per heavy atom. The second-order valence-corrected chi connectivity index (χ2v) is 10.3. The highest BCUT2D eigenvalue weighted by Crippen LogP contribution is 2.52. The molecule has 4 rings (SSSR count). The molecule has 0 saturated heterocycles. The third-order valence-electron chi connectivity index (χ3n) is 7.17. The molecule has 8 heteroatoms. The minimum atomic E-state index is -3.84. The Morgan fingerprint density at radius 3 is 2.37 bits per heavy atom. The van der Waals surface area contributed by atoms with Gasteiger partial charge in [0, 0.05) is 19.1 Å². The predicted octanol–water partition coefficient (Wildman–Crippen LogP) is 1.85. The lowest BCUT2D eigenvalue weighted by Crippen LogP contribution is -2.55. The van der Waals surface area contributed by atoms with Gasteiger partial charge in [0.1, 0.15) is 0 Å². The van der Waals surface area contributed by atoms with Gasteiger partial charge in [0.15, 0.2) is 0 Å². The van der Waals surface area contributed by atoms with Gasteiger partial charge in [-0.2, -0.15) is 13.1 Å². The quantitative estimate of drug-likeness (QED) is 0.570. The van der Waals surface area contributed by atoms with E-state index in [4.69, 9.17) is 0 Å². The molecular formula is C19H32N4O3S. The van der Waals surface area contributed by atoms with Gasteiger partial charge in [-0.3, -0.25) is 0 Å². The smallest absolute Gasteiger partial charge is 0.329 e. The van der Waals surface area contributed by atoms with E-state index in [0.717, 1.165) is 25.8 Å². The standard InChI is InChI=1S/C19H32N4O3S/c24-19(23-27(25,26)21-12-13-7-9-20-10-8-13)22-18-16-5-1-3-14(16)11-15-4-2-6-17(15)18/h7,9,13-18,20-21H,1-6,8,10-12H2,(H2,22,23,24). The van der Waals surface area contributed by atoms with Crippen LogP contribution in [0.15, 0.2) is 12.3 Å². The first kappa shape index (κ1) is 19.1. The molecule has 3 fully saturated rings. The van der Waals surface area contributed by atoms with Crippen LogP contribution in [0, 0.1) is 29.6 Å².